The van der Waals surface area contributed by atoms with E-state index in [0.29, 0.717) is 24.9 Å². The number of aliphatic hydroxyl groups is 1. The lowest BCUT2D eigenvalue weighted by atomic mass is 9.89. The first kappa shape index (κ1) is 42.4. The maximum absolute atomic E-state index is 14.2. The Labute approximate surface area is 305 Å². The number of hydrogen-bond donors (Lipinski definition) is 4. The van der Waals surface area contributed by atoms with Crippen LogP contribution in [0.15, 0.2) is 30.3 Å². The second-order valence-electron chi connectivity index (χ2n) is 15.3. The Morgan fingerprint density at radius 1 is 1.04 bits per heavy atom. The summed E-state index contributed by atoms with van der Waals surface area (Å²) in [6.07, 6.45) is 1.79. The first-order chi connectivity index (χ1) is 24.1. The molecule has 3 rings (SSSR count). The van der Waals surface area contributed by atoms with Crippen molar-refractivity contribution >= 4 is 23.6 Å². The number of carbonyl (C=O) groups is 4. The van der Waals surface area contributed by atoms with Crippen molar-refractivity contribution in [3.05, 3.63) is 35.9 Å². The molecule has 2 fully saturated rings. The summed E-state index contributed by atoms with van der Waals surface area (Å²) in [7, 11) is 4.86. The standard InChI is InChI=1S/C39H65N5O7/c1-11-25(4)33(43(8)37(48)32(24(2)3)42-38(49)39(7)20-16-21-40-39)30(50-9)23-31(45)44-22-15-19-29(44)35(51-10)26(5)36(47)41-27(6)34(46)28-17-13-12-14-18-28/h12-14,17-18,24-27,29-30,32-35,40,46H,11,15-16,19-23H2,1-10H3,(H,41,47)(H,42,49)/t25?,26?,27?,29-,30?,32?,33?,34?,35?,39-/m0/s1. The molecule has 2 heterocycles. The molecule has 10 atom stereocenters. The van der Waals surface area contributed by atoms with E-state index >= 15 is 0 Å². The summed E-state index contributed by atoms with van der Waals surface area (Å²) < 4.78 is 11.9. The number of likely N-dealkylation sites (N-methyl/N-ethyl adjacent to an activating group) is 1. The average Bonchev–Trinajstić information content (AvgIpc) is 3.80. The molecular formula is C39H65N5O7. The fourth-order valence-electron chi connectivity index (χ4n) is 7.80. The van der Waals surface area contributed by atoms with Crippen LogP contribution in [0.1, 0.15) is 98.7 Å². The van der Waals surface area contributed by atoms with Crippen LogP contribution in [-0.2, 0) is 28.7 Å². The molecule has 12 nitrogen and oxygen atoms in total. The number of amides is 4. The summed E-state index contributed by atoms with van der Waals surface area (Å²) in [6, 6.07) is 7.15. The number of hydrogen-bond acceptors (Lipinski definition) is 8. The number of methoxy groups -OCH3 is 2. The number of likely N-dealkylation sites (tertiary alicyclic amines) is 1. The van der Waals surface area contributed by atoms with Crippen LogP contribution in [0.25, 0.3) is 0 Å². The average molecular weight is 716 g/mol. The van der Waals surface area contributed by atoms with E-state index in [1.807, 2.05) is 65.0 Å². The number of carbonyl (C=O) groups excluding carboxylic acids is 4. The molecule has 1 aromatic rings. The van der Waals surface area contributed by atoms with Gasteiger partial charge in [-0.2, -0.15) is 0 Å². The molecule has 0 bridgehead atoms. The molecule has 0 radical (unpaired) electrons. The predicted octanol–water partition coefficient (Wildman–Crippen LogP) is 3.43. The van der Waals surface area contributed by atoms with Gasteiger partial charge in [0.15, 0.2) is 0 Å². The lowest BCUT2D eigenvalue weighted by Gasteiger charge is -2.41. The summed E-state index contributed by atoms with van der Waals surface area (Å²) in [6.45, 7) is 14.6. The highest BCUT2D eigenvalue weighted by atomic mass is 16.5. The minimum Gasteiger partial charge on any atom is -0.386 e. The van der Waals surface area contributed by atoms with Crippen LogP contribution in [0.3, 0.4) is 0 Å². The van der Waals surface area contributed by atoms with Crippen molar-refractivity contribution in [2.45, 2.75) is 135 Å². The fraction of sp³-hybridized carbons (Fsp3) is 0.744. The van der Waals surface area contributed by atoms with E-state index < -0.39 is 47.9 Å². The maximum Gasteiger partial charge on any atom is 0.245 e. The van der Waals surface area contributed by atoms with Crippen LogP contribution in [0.5, 0.6) is 0 Å². The summed E-state index contributed by atoms with van der Waals surface area (Å²) in [5, 5.41) is 20.1. The Balaban J connectivity index is 1.74. The van der Waals surface area contributed by atoms with Crippen LogP contribution in [0.2, 0.25) is 0 Å². The van der Waals surface area contributed by atoms with Crippen molar-refractivity contribution < 1.29 is 33.8 Å². The zero-order valence-electron chi connectivity index (χ0n) is 32.6. The highest BCUT2D eigenvalue weighted by Crippen LogP contribution is 2.30. The van der Waals surface area contributed by atoms with E-state index in [9.17, 15) is 24.3 Å². The van der Waals surface area contributed by atoms with Gasteiger partial charge >= 0.3 is 0 Å². The van der Waals surface area contributed by atoms with Crippen LogP contribution in [0, 0.1) is 17.8 Å². The van der Waals surface area contributed by atoms with Gasteiger partial charge in [-0.1, -0.05) is 71.4 Å². The van der Waals surface area contributed by atoms with E-state index in [2.05, 4.69) is 16.0 Å². The summed E-state index contributed by atoms with van der Waals surface area (Å²) >= 11 is 0. The van der Waals surface area contributed by atoms with Crippen LogP contribution in [0.4, 0.5) is 0 Å². The Morgan fingerprint density at radius 2 is 1.71 bits per heavy atom. The van der Waals surface area contributed by atoms with Gasteiger partial charge in [-0.3, -0.25) is 19.2 Å². The fourth-order valence-corrected chi connectivity index (χ4v) is 7.80. The van der Waals surface area contributed by atoms with E-state index in [-0.39, 0.29) is 47.9 Å². The van der Waals surface area contributed by atoms with E-state index in [1.54, 1.807) is 44.9 Å². The van der Waals surface area contributed by atoms with Gasteiger partial charge in [-0.15, -0.1) is 0 Å². The van der Waals surface area contributed by atoms with Crippen LogP contribution in [-0.4, -0.2) is 115 Å². The number of nitrogens with zero attached hydrogens (tertiary/aromatic N) is 2. The van der Waals surface area contributed by atoms with E-state index in [1.165, 1.54) is 0 Å². The topological polar surface area (TPSA) is 150 Å². The van der Waals surface area contributed by atoms with E-state index in [0.717, 1.165) is 25.8 Å². The molecule has 51 heavy (non-hydrogen) atoms. The van der Waals surface area contributed by atoms with Gasteiger partial charge in [0.2, 0.25) is 23.6 Å². The molecule has 288 valence electrons. The lowest BCUT2D eigenvalue weighted by molar-refractivity contribution is -0.148. The van der Waals surface area contributed by atoms with Crippen molar-refractivity contribution in [3.63, 3.8) is 0 Å². The first-order valence-electron chi connectivity index (χ1n) is 18.8. The molecule has 1 aromatic carbocycles. The molecule has 12 heteroatoms. The highest BCUT2D eigenvalue weighted by Gasteiger charge is 2.44. The molecule has 0 aromatic heterocycles. The van der Waals surface area contributed by atoms with Crippen molar-refractivity contribution in [2.75, 3.05) is 34.4 Å². The molecule has 8 unspecified atom stereocenters. The zero-order valence-corrected chi connectivity index (χ0v) is 32.6. The summed E-state index contributed by atoms with van der Waals surface area (Å²) in [4.78, 5) is 58.5. The van der Waals surface area contributed by atoms with Crippen molar-refractivity contribution in [1.29, 1.82) is 0 Å². The SMILES string of the molecule is CCC(C)C(C(CC(=O)N1CCC[C@H]1C(OC)C(C)C(=O)NC(C)C(O)c1ccccc1)OC)N(C)C(=O)C(NC(=O)[C@]1(C)CCCN1)C(C)C. The second-order valence-corrected chi connectivity index (χ2v) is 15.3. The molecule has 0 saturated carbocycles. The third-order valence-corrected chi connectivity index (χ3v) is 11.3. The largest absolute Gasteiger partial charge is 0.386 e. The monoisotopic (exact) mass is 715 g/mol. The van der Waals surface area contributed by atoms with Crippen molar-refractivity contribution in [2.24, 2.45) is 17.8 Å². The van der Waals surface area contributed by atoms with Gasteiger partial charge in [-0.05, 0) is 63.5 Å². The number of nitrogens with one attached hydrogen (secondary N) is 3. The normalized spacial score (nSPS) is 23.8. The Bertz CT molecular complexity index is 1290. The lowest BCUT2D eigenvalue weighted by Crippen LogP contribution is -2.61. The van der Waals surface area contributed by atoms with Gasteiger partial charge in [0.05, 0.1) is 54.3 Å². The Hall–Kier alpha value is -3.06. The van der Waals surface area contributed by atoms with Gasteiger partial charge in [-0.25, -0.2) is 0 Å². The van der Waals surface area contributed by atoms with Crippen LogP contribution < -0.4 is 16.0 Å². The van der Waals surface area contributed by atoms with Crippen LogP contribution >= 0.6 is 0 Å². The predicted molar refractivity (Wildman–Crippen MR) is 198 cm³/mol. The number of rotatable bonds is 18. The molecular weight excluding hydrogens is 650 g/mol. The number of benzene rings is 1. The number of ether oxygens (including phenoxy) is 2. The minimum atomic E-state index is -0.873. The Morgan fingerprint density at radius 3 is 2.25 bits per heavy atom. The third-order valence-electron chi connectivity index (χ3n) is 11.3. The maximum atomic E-state index is 14.2. The molecule has 0 aliphatic carbocycles. The molecule has 2 saturated heterocycles. The Kier molecular flexibility index (Phi) is 15.9. The second kappa shape index (κ2) is 19.1. The van der Waals surface area contributed by atoms with Gasteiger partial charge in [0.1, 0.15) is 6.04 Å². The zero-order chi connectivity index (χ0) is 38.0. The smallest absolute Gasteiger partial charge is 0.245 e. The molecule has 0 spiro atoms. The number of aliphatic hydroxyl groups excluding tert-OH is 1. The first-order valence-corrected chi connectivity index (χ1v) is 18.8. The van der Waals surface area contributed by atoms with Gasteiger partial charge in [0.25, 0.3) is 0 Å². The highest BCUT2D eigenvalue weighted by molar-refractivity contribution is 5.92. The summed E-state index contributed by atoms with van der Waals surface area (Å²) in [5.41, 5.74) is 0.000187. The van der Waals surface area contributed by atoms with Gasteiger partial charge < -0.3 is 40.3 Å². The minimum absolute atomic E-state index is 0.00715. The molecule has 4 amide bonds. The van der Waals surface area contributed by atoms with Crippen molar-refractivity contribution in [1.82, 2.24) is 25.8 Å². The molecule has 2 aliphatic rings. The quantitative estimate of drug-likeness (QED) is 0.181. The third kappa shape index (κ3) is 10.3. The van der Waals surface area contributed by atoms with E-state index in [4.69, 9.17) is 9.47 Å². The summed E-state index contributed by atoms with van der Waals surface area (Å²) in [5.74, 6) is -1.56. The molecule has 2 aliphatic heterocycles. The van der Waals surface area contributed by atoms with Crippen molar-refractivity contribution in [3.8, 4) is 0 Å². The molecule has 4 N–H and O–H groups in total. The van der Waals surface area contributed by atoms with Gasteiger partial charge in [0, 0.05) is 27.8 Å².